The summed E-state index contributed by atoms with van der Waals surface area (Å²) >= 11 is 3.25. The van der Waals surface area contributed by atoms with Gasteiger partial charge in [-0.2, -0.15) is 4.98 Å². The summed E-state index contributed by atoms with van der Waals surface area (Å²) < 4.78 is 2.12. The predicted octanol–water partition coefficient (Wildman–Crippen LogP) is 1.23. The molecule has 0 atom stereocenters. The first-order chi connectivity index (χ1) is 9.27. The molecule has 0 radical (unpaired) electrons. The van der Waals surface area contributed by atoms with E-state index in [0.29, 0.717) is 5.78 Å². The fourth-order valence-electron chi connectivity index (χ4n) is 1.36. The number of aromatic nitrogens is 4. The van der Waals surface area contributed by atoms with Crippen LogP contribution < -0.4 is 5.32 Å². The Bertz CT molecular complexity index is 674. The first-order valence-electron chi connectivity index (χ1n) is 5.97. The van der Waals surface area contributed by atoms with Crippen molar-refractivity contribution in [1.29, 1.82) is 0 Å². The van der Waals surface area contributed by atoms with E-state index in [2.05, 4.69) is 36.3 Å². The third kappa shape index (κ3) is 3.19. The zero-order valence-corrected chi connectivity index (χ0v) is 12.9. The van der Waals surface area contributed by atoms with E-state index in [0.717, 1.165) is 4.47 Å². The van der Waals surface area contributed by atoms with Gasteiger partial charge in [-0.25, -0.2) is 9.50 Å². The SMILES string of the molecule is CC(C)(C)C(=O)CNC(=O)c1nc2ncc(Br)cn2n1. The van der Waals surface area contributed by atoms with Crippen molar-refractivity contribution < 1.29 is 9.59 Å². The molecule has 0 saturated carbocycles. The number of hydrogen-bond acceptors (Lipinski definition) is 5. The van der Waals surface area contributed by atoms with Crippen LogP contribution >= 0.6 is 15.9 Å². The Kier molecular flexibility index (Phi) is 3.85. The van der Waals surface area contributed by atoms with Gasteiger partial charge in [-0.15, -0.1) is 5.10 Å². The molecule has 7 nitrogen and oxygen atoms in total. The lowest BCUT2D eigenvalue weighted by Crippen LogP contribution is -2.35. The highest BCUT2D eigenvalue weighted by molar-refractivity contribution is 9.10. The van der Waals surface area contributed by atoms with Gasteiger partial charge in [0.2, 0.25) is 5.82 Å². The third-order valence-corrected chi connectivity index (χ3v) is 3.02. The predicted molar refractivity (Wildman–Crippen MR) is 75.3 cm³/mol. The highest BCUT2D eigenvalue weighted by atomic mass is 79.9. The van der Waals surface area contributed by atoms with Crippen molar-refractivity contribution in [3.05, 3.63) is 22.7 Å². The van der Waals surface area contributed by atoms with Gasteiger partial charge in [0.1, 0.15) is 0 Å². The number of halogens is 1. The quantitative estimate of drug-likeness (QED) is 0.908. The summed E-state index contributed by atoms with van der Waals surface area (Å²) in [4.78, 5) is 31.6. The maximum Gasteiger partial charge on any atom is 0.291 e. The number of nitrogens with zero attached hydrogens (tertiary/aromatic N) is 4. The Hall–Kier alpha value is -1.83. The number of amides is 1. The number of rotatable bonds is 3. The number of ketones is 1. The molecule has 2 heterocycles. The van der Waals surface area contributed by atoms with E-state index < -0.39 is 11.3 Å². The first-order valence-corrected chi connectivity index (χ1v) is 6.76. The van der Waals surface area contributed by atoms with Crippen molar-refractivity contribution in [1.82, 2.24) is 24.9 Å². The Balaban J connectivity index is 2.10. The standard InChI is InChI=1S/C12H14BrN5O2/c1-12(2,3)8(19)5-14-10(20)9-16-11-15-4-7(13)6-18(11)17-9/h4,6H,5H2,1-3H3,(H,14,20). The van der Waals surface area contributed by atoms with E-state index in [1.54, 1.807) is 33.2 Å². The molecule has 0 aromatic carbocycles. The van der Waals surface area contributed by atoms with E-state index in [-0.39, 0.29) is 18.2 Å². The topological polar surface area (TPSA) is 89.2 Å². The van der Waals surface area contributed by atoms with Crippen LogP contribution in [0.3, 0.4) is 0 Å². The van der Waals surface area contributed by atoms with Gasteiger partial charge in [-0.05, 0) is 15.9 Å². The second kappa shape index (κ2) is 5.28. The number of hydrogen-bond donors (Lipinski definition) is 1. The maximum absolute atomic E-state index is 11.9. The molecule has 0 fully saturated rings. The summed E-state index contributed by atoms with van der Waals surface area (Å²) in [6, 6.07) is 0. The lowest BCUT2D eigenvalue weighted by atomic mass is 9.91. The molecule has 0 bridgehead atoms. The molecule has 1 amide bonds. The monoisotopic (exact) mass is 339 g/mol. The van der Waals surface area contributed by atoms with E-state index >= 15 is 0 Å². The molecule has 0 spiro atoms. The molecule has 0 aliphatic rings. The van der Waals surface area contributed by atoms with Crippen molar-refractivity contribution in [2.24, 2.45) is 5.41 Å². The van der Waals surface area contributed by atoms with E-state index in [1.165, 1.54) is 4.52 Å². The smallest absolute Gasteiger partial charge is 0.291 e. The summed E-state index contributed by atoms with van der Waals surface area (Å²) in [6.45, 7) is 5.35. The van der Waals surface area contributed by atoms with E-state index in [4.69, 9.17) is 0 Å². The molecule has 2 rings (SSSR count). The van der Waals surface area contributed by atoms with Crippen LogP contribution in [-0.2, 0) is 4.79 Å². The van der Waals surface area contributed by atoms with E-state index in [1.807, 2.05) is 0 Å². The number of Topliss-reactive ketones (excluding diaryl/α,β-unsaturated/α-hetero) is 1. The molecule has 20 heavy (non-hydrogen) atoms. The molecule has 8 heteroatoms. The zero-order valence-electron chi connectivity index (χ0n) is 11.3. The van der Waals surface area contributed by atoms with Crippen LogP contribution in [0.2, 0.25) is 0 Å². The Labute approximate surface area is 123 Å². The van der Waals surface area contributed by atoms with Crippen LogP contribution in [0.1, 0.15) is 31.4 Å². The van der Waals surface area contributed by atoms with Gasteiger partial charge >= 0.3 is 0 Å². The molecule has 0 unspecified atom stereocenters. The summed E-state index contributed by atoms with van der Waals surface area (Å²) in [5, 5.41) is 6.52. The lowest BCUT2D eigenvalue weighted by Gasteiger charge is -2.16. The van der Waals surface area contributed by atoms with Crippen LogP contribution in [-0.4, -0.2) is 37.8 Å². The Morgan fingerprint density at radius 3 is 2.75 bits per heavy atom. The fourth-order valence-corrected chi connectivity index (χ4v) is 1.66. The van der Waals surface area contributed by atoms with E-state index in [9.17, 15) is 9.59 Å². The fraction of sp³-hybridized carbons (Fsp3) is 0.417. The highest BCUT2D eigenvalue weighted by Gasteiger charge is 2.22. The molecule has 106 valence electrons. The minimum Gasteiger partial charge on any atom is -0.342 e. The molecule has 0 aliphatic heterocycles. The van der Waals surface area contributed by atoms with Gasteiger partial charge in [0.15, 0.2) is 5.78 Å². The van der Waals surface area contributed by atoms with Crippen molar-refractivity contribution in [2.45, 2.75) is 20.8 Å². The van der Waals surface area contributed by atoms with Gasteiger partial charge in [0.25, 0.3) is 11.7 Å². The Morgan fingerprint density at radius 1 is 1.40 bits per heavy atom. The number of fused-ring (bicyclic) bond motifs is 1. The normalized spacial score (nSPS) is 11.6. The van der Waals surface area contributed by atoms with Gasteiger partial charge < -0.3 is 5.32 Å². The molecule has 1 N–H and O–H groups in total. The summed E-state index contributed by atoms with van der Waals surface area (Å²) in [6.07, 6.45) is 3.21. The summed E-state index contributed by atoms with van der Waals surface area (Å²) in [5.41, 5.74) is -0.494. The third-order valence-electron chi connectivity index (χ3n) is 2.61. The number of carbonyl (C=O) groups is 2. The van der Waals surface area contributed by atoms with Gasteiger partial charge in [0.05, 0.1) is 11.0 Å². The van der Waals surface area contributed by atoms with Crippen molar-refractivity contribution in [3.63, 3.8) is 0 Å². The van der Waals surface area contributed by atoms with Crippen molar-refractivity contribution in [2.75, 3.05) is 6.54 Å². The minimum atomic E-state index is -0.496. The molecular formula is C12H14BrN5O2. The second-order valence-electron chi connectivity index (χ2n) is 5.31. The van der Waals surface area contributed by atoms with Gasteiger partial charge in [-0.3, -0.25) is 9.59 Å². The maximum atomic E-state index is 11.9. The first kappa shape index (κ1) is 14.6. The summed E-state index contributed by atoms with van der Waals surface area (Å²) in [5.74, 6) is -0.252. The molecule has 2 aromatic rings. The lowest BCUT2D eigenvalue weighted by molar-refractivity contribution is -0.125. The molecule has 2 aromatic heterocycles. The second-order valence-corrected chi connectivity index (χ2v) is 6.22. The Morgan fingerprint density at radius 2 is 2.10 bits per heavy atom. The van der Waals surface area contributed by atoms with Gasteiger partial charge in [0, 0.05) is 17.8 Å². The largest absolute Gasteiger partial charge is 0.342 e. The zero-order chi connectivity index (χ0) is 14.9. The van der Waals surface area contributed by atoms with Crippen LogP contribution in [0.4, 0.5) is 0 Å². The number of carbonyl (C=O) groups excluding carboxylic acids is 2. The van der Waals surface area contributed by atoms with Crippen LogP contribution in [0, 0.1) is 5.41 Å². The average Bonchev–Trinajstić information content (AvgIpc) is 2.77. The van der Waals surface area contributed by atoms with Crippen LogP contribution in [0.25, 0.3) is 5.78 Å². The molecular weight excluding hydrogens is 326 g/mol. The van der Waals surface area contributed by atoms with Crippen LogP contribution in [0.5, 0.6) is 0 Å². The summed E-state index contributed by atoms with van der Waals surface area (Å²) in [7, 11) is 0. The highest BCUT2D eigenvalue weighted by Crippen LogP contribution is 2.13. The van der Waals surface area contributed by atoms with Gasteiger partial charge in [-0.1, -0.05) is 20.8 Å². The molecule has 0 saturated heterocycles. The number of nitrogens with one attached hydrogen (secondary N) is 1. The molecule has 0 aliphatic carbocycles. The average molecular weight is 340 g/mol. The van der Waals surface area contributed by atoms with Crippen molar-refractivity contribution in [3.8, 4) is 0 Å². The van der Waals surface area contributed by atoms with Crippen LogP contribution in [0.15, 0.2) is 16.9 Å². The minimum absolute atomic E-state index is 0.0164. The van der Waals surface area contributed by atoms with Crippen molar-refractivity contribution >= 4 is 33.4 Å².